The van der Waals surface area contributed by atoms with Crippen LogP contribution in [0.15, 0.2) is 48.8 Å². The van der Waals surface area contributed by atoms with Gasteiger partial charge < -0.3 is 5.32 Å². The summed E-state index contributed by atoms with van der Waals surface area (Å²) in [6, 6.07) is 6.03. The first-order valence-electron chi connectivity index (χ1n) is 9.00. The average Bonchev–Trinajstić information content (AvgIpc) is 3.08. The number of carbonyl (C=O) groups is 1. The van der Waals surface area contributed by atoms with Gasteiger partial charge in [-0.3, -0.25) is 14.8 Å². The molecule has 0 saturated heterocycles. The van der Waals surface area contributed by atoms with E-state index in [9.17, 15) is 26.7 Å². The van der Waals surface area contributed by atoms with E-state index in [1.165, 1.54) is 6.07 Å². The summed E-state index contributed by atoms with van der Waals surface area (Å²) in [5.41, 5.74) is 0.915. The predicted molar refractivity (Wildman–Crippen MR) is 97.4 cm³/mol. The number of pyridine rings is 2. The maximum absolute atomic E-state index is 13.4. The highest BCUT2D eigenvalue weighted by Gasteiger charge is 2.33. The number of nitrogens with zero attached hydrogens (tertiary/aromatic N) is 2. The fourth-order valence-electron chi connectivity index (χ4n) is 3.47. The Kier molecular flexibility index (Phi) is 4.97. The highest BCUT2D eigenvalue weighted by molar-refractivity contribution is 5.94. The maximum Gasteiger partial charge on any atom is 0.433 e. The highest BCUT2D eigenvalue weighted by Crippen LogP contribution is 2.35. The molecule has 0 bridgehead atoms. The SMILES string of the molecule is O=C(N[C@H]1CCc2cnc(-c3ccnc(C(F)(F)F)c3)cc21)c1cc(F)cc(F)c1. The lowest BCUT2D eigenvalue weighted by molar-refractivity contribution is -0.141. The van der Waals surface area contributed by atoms with Crippen LogP contribution >= 0.6 is 0 Å². The number of aryl methyl sites for hydroxylation is 1. The predicted octanol–water partition coefficient (Wildman–Crippen LogP) is 4.86. The van der Waals surface area contributed by atoms with Gasteiger partial charge >= 0.3 is 6.18 Å². The molecule has 1 aromatic carbocycles. The molecular formula is C21H14F5N3O. The zero-order valence-electron chi connectivity index (χ0n) is 15.3. The largest absolute Gasteiger partial charge is 0.433 e. The second kappa shape index (κ2) is 7.47. The number of rotatable bonds is 3. The summed E-state index contributed by atoms with van der Waals surface area (Å²) < 4.78 is 65.6. The smallest absolute Gasteiger partial charge is 0.345 e. The molecule has 0 unspecified atom stereocenters. The van der Waals surface area contributed by atoms with Gasteiger partial charge in [-0.2, -0.15) is 13.2 Å². The van der Waals surface area contributed by atoms with Gasteiger partial charge in [0.05, 0.1) is 11.7 Å². The summed E-state index contributed by atoms with van der Waals surface area (Å²) in [4.78, 5) is 20.0. The molecule has 2 aromatic heterocycles. The number of nitrogens with one attached hydrogen (secondary N) is 1. The summed E-state index contributed by atoms with van der Waals surface area (Å²) in [5.74, 6) is -2.37. The number of hydrogen-bond acceptors (Lipinski definition) is 3. The normalized spacial score (nSPS) is 15.7. The Morgan fingerprint density at radius 1 is 1.03 bits per heavy atom. The molecule has 9 heteroatoms. The summed E-state index contributed by atoms with van der Waals surface area (Å²) >= 11 is 0. The number of fused-ring (bicyclic) bond motifs is 1. The first-order chi connectivity index (χ1) is 14.2. The number of amides is 1. The van der Waals surface area contributed by atoms with E-state index in [4.69, 9.17) is 0 Å². The minimum absolute atomic E-state index is 0.154. The van der Waals surface area contributed by atoms with Gasteiger partial charge in [-0.1, -0.05) is 0 Å². The van der Waals surface area contributed by atoms with Crippen molar-refractivity contribution in [2.45, 2.75) is 25.1 Å². The van der Waals surface area contributed by atoms with Crippen LogP contribution in [0.25, 0.3) is 11.3 Å². The van der Waals surface area contributed by atoms with Crippen molar-refractivity contribution in [1.29, 1.82) is 0 Å². The molecule has 1 aliphatic carbocycles. The third-order valence-electron chi connectivity index (χ3n) is 4.88. The van der Waals surface area contributed by atoms with Gasteiger partial charge in [-0.15, -0.1) is 0 Å². The molecule has 1 amide bonds. The van der Waals surface area contributed by atoms with E-state index in [0.29, 0.717) is 30.2 Å². The van der Waals surface area contributed by atoms with E-state index in [2.05, 4.69) is 15.3 Å². The molecule has 30 heavy (non-hydrogen) atoms. The van der Waals surface area contributed by atoms with Crippen LogP contribution in [0.2, 0.25) is 0 Å². The van der Waals surface area contributed by atoms with Crippen LogP contribution in [-0.2, 0) is 12.6 Å². The first kappa shape index (κ1) is 19.9. The molecule has 0 aliphatic heterocycles. The molecule has 2 heterocycles. The number of halogens is 5. The van der Waals surface area contributed by atoms with E-state index < -0.39 is 35.5 Å². The number of hydrogen-bond donors (Lipinski definition) is 1. The Bertz CT molecular complexity index is 1110. The standard InChI is InChI=1S/C21H14F5N3O/c22-14-5-13(6-15(23)8-14)20(30)29-17-2-1-12-10-28-18(9-16(12)17)11-3-4-27-19(7-11)21(24,25)26/h3-10,17H,1-2H2,(H,29,30)/t17-/m0/s1. The van der Waals surface area contributed by atoms with Crippen molar-refractivity contribution >= 4 is 5.91 Å². The molecule has 4 rings (SSSR count). The van der Waals surface area contributed by atoms with E-state index in [-0.39, 0.29) is 11.1 Å². The summed E-state index contributed by atoms with van der Waals surface area (Å²) in [6.07, 6.45) is -0.815. The fourth-order valence-corrected chi connectivity index (χ4v) is 3.47. The fraction of sp³-hybridized carbons (Fsp3) is 0.190. The Hall–Kier alpha value is -3.36. The average molecular weight is 419 g/mol. The molecule has 0 radical (unpaired) electrons. The van der Waals surface area contributed by atoms with Gasteiger partial charge in [0, 0.05) is 29.6 Å². The lowest BCUT2D eigenvalue weighted by Gasteiger charge is -2.15. The number of carbonyl (C=O) groups excluding carboxylic acids is 1. The van der Waals surface area contributed by atoms with E-state index >= 15 is 0 Å². The van der Waals surface area contributed by atoms with Gasteiger partial charge in [0.15, 0.2) is 0 Å². The molecule has 154 valence electrons. The van der Waals surface area contributed by atoms with Crippen LogP contribution in [0.3, 0.4) is 0 Å². The van der Waals surface area contributed by atoms with Crippen molar-refractivity contribution in [3.8, 4) is 11.3 Å². The lowest BCUT2D eigenvalue weighted by Crippen LogP contribution is -2.27. The van der Waals surface area contributed by atoms with Crippen molar-refractivity contribution < 1.29 is 26.7 Å². The minimum Gasteiger partial charge on any atom is -0.345 e. The van der Waals surface area contributed by atoms with Crippen molar-refractivity contribution in [1.82, 2.24) is 15.3 Å². The highest BCUT2D eigenvalue weighted by atomic mass is 19.4. The van der Waals surface area contributed by atoms with Crippen molar-refractivity contribution in [2.24, 2.45) is 0 Å². The Morgan fingerprint density at radius 3 is 2.47 bits per heavy atom. The molecular weight excluding hydrogens is 405 g/mol. The quantitative estimate of drug-likeness (QED) is 0.617. The van der Waals surface area contributed by atoms with E-state index in [1.807, 2.05) is 0 Å². The summed E-state index contributed by atoms with van der Waals surface area (Å²) in [5, 5.41) is 2.73. The van der Waals surface area contributed by atoms with Crippen LogP contribution in [-0.4, -0.2) is 15.9 Å². The topological polar surface area (TPSA) is 54.9 Å². The minimum atomic E-state index is -4.58. The van der Waals surface area contributed by atoms with Crippen molar-refractivity contribution in [3.63, 3.8) is 0 Å². The van der Waals surface area contributed by atoms with Gasteiger partial charge in [0.1, 0.15) is 17.3 Å². The van der Waals surface area contributed by atoms with Crippen LogP contribution in [0.5, 0.6) is 0 Å². The monoisotopic (exact) mass is 419 g/mol. The Balaban J connectivity index is 1.61. The van der Waals surface area contributed by atoms with Gasteiger partial charge in [0.2, 0.25) is 0 Å². The van der Waals surface area contributed by atoms with Gasteiger partial charge in [-0.05, 0) is 54.3 Å². The third-order valence-corrected chi connectivity index (χ3v) is 4.88. The molecule has 0 fully saturated rings. The van der Waals surface area contributed by atoms with E-state index in [1.54, 1.807) is 12.3 Å². The van der Waals surface area contributed by atoms with Gasteiger partial charge in [-0.25, -0.2) is 8.78 Å². The summed E-state index contributed by atoms with van der Waals surface area (Å²) in [6.45, 7) is 0. The Morgan fingerprint density at radius 2 is 1.77 bits per heavy atom. The van der Waals surface area contributed by atoms with E-state index in [0.717, 1.165) is 30.0 Å². The zero-order valence-corrected chi connectivity index (χ0v) is 15.3. The molecule has 1 N–H and O–H groups in total. The van der Waals surface area contributed by atoms with Crippen LogP contribution in [0.4, 0.5) is 22.0 Å². The second-order valence-corrected chi connectivity index (χ2v) is 6.92. The first-order valence-corrected chi connectivity index (χ1v) is 9.00. The summed E-state index contributed by atoms with van der Waals surface area (Å²) in [7, 11) is 0. The maximum atomic E-state index is 13.4. The molecule has 1 atom stereocenters. The van der Waals surface area contributed by atoms with Crippen molar-refractivity contribution in [3.05, 3.63) is 82.8 Å². The van der Waals surface area contributed by atoms with Crippen molar-refractivity contribution in [2.75, 3.05) is 0 Å². The molecule has 4 nitrogen and oxygen atoms in total. The number of benzene rings is 1. The third kappa shape index (κ3) is 4.00. The van der Waals surface area contributed by atoms with Crippen LogP contribution < -0.4 is 5.32 Å². The molecule has 0 saturated carbocycles. The van der Waals surface area contributed by atoms with Crippen LogP contribution in [0.1, 0.15) is 39.6 Å². The molecule has 1 aliphatic rings. The Labute approximate surface area is 167 Å². The lowest BCUT2D eigenvalue weighted by atomic mass is 10.0. The molecule has 3 aromatic rings. The number of aromatic nitrogens is 2. The molecule has 0 spiro atoms. The number of alkyl halides is 3. The van der Waals surface area contributed by atoms with Gasteiger partial charge in [0.25, 0.3) is 5.91 Å². The van der Waals surface area contributed by atoms with Crippen LogP contribution in [0, 0.1) is 11.6 Å². The zero-order chi connectivity index (χ0) is 21.5. The second-order valence-electron chi connectivity index (χ2n) is 6.92.